The SMILES string of the molecule is CS(=O)(=O)/C(C#N)=C/c1ccc(Oc2ccc(F)cc2)cc1Cl. The Morgan fingerprint density at radius 2 is 1.83 bits per heavy atom. The predicted octanol–water partition coefficient (Wildman–Crippen LogP) is 4.18. The third-order valence-electron chi connectivity index (χ3n) is 2.82. The average Bonchev–Trinajstić information content (AvgIpc) is 2.47. The highest BCUT2D eigenvalue weighted by Crippen LogP contribution is 2.28. The highest BCUT2D eigenvalue weighted by atomic mass is 35.5. The molecule has 2 rings (SSSR count). The summed E-state index contributed by atoms with van der Waals surface area (Å²) in [6, 6.07) is 11.7. The van der Waals surface area contributed by atoms with Crippen LogP contribution in [0.2, 0.25) is 5.02 Å². The minimum absolute atomic E-state index is 0.223. The second kappa shape index (κ2) is 6.82. The molecule has 0 unspecified atom stereocenters. The Balaban J connectivity index is 2.29. The van der Waals surface area contributed by atoms with Crippen LogP contribution in [0.1, 0.15) is 5.56 Å². The van der Waals surface area contributed by atoms with E-state index in [4.69, 9.17) is 21.6 Å². The Morgan fingerprint density at radius 1 is 1.22 bits per heavy atom. The van der Waals surface area contributed by atoms with Crippen LogP contribution in [-0.4, -0.2) is 14.7 Å². The van der Waals surface area contributed by atoms with Gasteiger partial charge in [0.2, 0.25) is 0 Å². The smallest absolute Gasteiger partial charge is 0.185 e. The van der Waals surface area contributed by atoms with Crippen molar-refractivity contribution in [3.8, 4) is 17.6 Å². The van der Waals surface area contributed by atoms with Gasteiger partial charge in [-0.2, -0.15) is 5.26 Å². The summed E-state index contributed by atoms with van der Waals surface area (Å²) in [6.45, 7) is 0. The molecular weight excluding hydrogens is 341 g/mol. The Hall–Kier alpha value is -2.36. The molecule has 0 aliphatic carbocycles. The molecule has 4 nitrogen and oxygen atoms in total. The number of sulfone groups is 1. The fourth-order valence-corrected chi connectivity index (χ4v) is 2.42. The van der Waals surface area contributed by atoms with Crippen molar-refractivity contribution in [1.29, 1.82) is 5.26 Å². The average molecular weight is 352 g/mol. The first kappa shape index (κ1) is 17.0. The number of rotatable bonds is 4. The molecule has 118 valence electrons. The van der Waals surface area contributed by atoms with E-state index in [1.165, 1.54) is 42.5 Å². The number of hydrogen-bond donors (Lipinski definition) is 0. The molecule has 0 atom stereocenters. The zero-order chi connectivity index (χ0) is 17.0. The second-order valence-corrected chi connectivity index (χ2v) is 7.02. The van der Waals surface area contributed by atoms with Crippen molar-refractivity contribution in [3.63, 3.8) is 0 Å². The summed E-state index contributed by atoms with van der Waals surface area (Å²) < 4.78 is 41.2. The summed E-state index contributed by atoms with van der Waals surface area (Å²) >= 11 is 6.08. The highest BCUT2D eigenvalue weighted by Gasteiger charge is 2.12. The standard InChI is InChI=1S/C16H11ClFNO3S/c1-23(20,21)15(10-19)8-11-2-5-14(9-16(11)17)22-13-6-3-12(18)4-7-13/h2-9H,1H3/b15-8+. The van der Waals surface area contributed by atoms with Crippen LogP contribution in [0.15, 0.2) is 47.4 Å². The number of nitrogens with zero attached hydrogens (tertiary/aromatic N) is 1. The lowest BCUT2D eigenvalue weighted by atomic mass is 10.2. The van der Waals surface area contributed by atoms with E-state index in [0.717, 1.165) is 6.26 Å². The molecule has 0 saturated carbocycles. The maximum atomic E-state index is 12.8. The third-order valence-corrected chi connectivity index (χ3v) is 4.15. The van der Waals surface area contributed by atoms with Gasteiger partial charge < -0.3 is 4.74 Å². The predicted molar refractivity (Wildman–Crippen MR) is 86.4 cm³/mol. The van der Waals surface area contributed by atoms with Crippen molar-refractivity contribution in [1.82, 2.24) is 0 Å². The van der Waals surface area contributed by atoms with E-state index < -0.39 is 9.84 Å². The van der Waals surface area contributed by atoms with Gasteiger partial charge in [0.1, 0.15) is 28.3 Å². The molecule has 0 spiro atoms. The minimum atomic E-state index is -3.62. The van der Waals surface area contributed by atoms with Crippen LogP contribution in [0, 0.1) is 17.1 Å². The molecule has 0 aromatic heterocycles. The van der Waals surface area contributed by atoms with Crippen LogP contribution >= 0.6 is 11.6 Å². The van der Waals surface area contributed by atoms with Crippen molar-refractivity contribution in [2.75, 3.05) is 6.26 Å². The fraction of sp³-hybridized carbons (Fsp3) is 0.0625. The summed E-state index contributed by atoms with van der Waals surface area (Å²) in [6.07, 6.45) is 2.14. The first-order valence-corrected chi connectivity index (χ1v) is 8.61. The normalized spacial score (nSPS) is 11.8. The third kappa shape index (κ3) is 4.55. The maximum Gasteiger partial charge on any atom is 0.185 e. The van der Waals surface area contributed by atoms with Gasteiger partial charge in [-0.05, 0) is 54.1 Å². The Morgan fingerprint density at radius 3 is 2.35 bits per heavy atom. The molecule has 2 aromatic carbocycles. The molecule has 0 aliphatic heterocycles. The highest BCUT2D eigenvalue weighted by molar-refractivity contribution is 7.95. The zero-order valence-corrected chi connectivity index (χ0v) is 13.5. The van der Waals surface area contributed by atoms with E-state index in [1.54, 1.807) is 12.1 Å². The monoisotopic (exact) mass is 351 g/mol. The zero-order valence-electron chi connectivity index (χ0n) is 12.0. The van der Waals surface area contributed by atoms with Crippen molar-refractivity contribution in [2.24, 2.45) is 0 Å². The number of nitriles is 1. The number of hydrogen-bond acceptors (Lipinski definition) is 4. The van der Waals surface area contributed by atoms with Crippen LogP contribution in [-0.2, 0) is 9.84 Å². The van der Waals surface area contributed by atoms with Crippen molar-refractivity contribution >= 4 is 27.5 Å². The molecule has 0 amide bonds. The largest absolute Gasteiger partial charge is 0.457 e. The van der Waals surface area contributed by atoms with Crippen LogP contribution in [0.5, 0.6) is 11.5 Å². The fourth-order valence-electron chi connectivity index (χ4n) is 1.69. The Bertz CT molecular complexity index is 900. The van der Waals surface area contributed by atoms with E-state index in [0.29, 0.717) is 17.1 Å². The lowest BCUT2D eigenvalue weighted by molar-refractivity contribution is 0.480. The molecule has 0 radical (unpaired) electrons. The van der Waals surface area contributed by atoms with Crippen molar-refractivity contribution in [3.05, 3.63) is 63.8 Å². The number of allylic oxidation sites excluding steroid dienone is 1. The summed E-state index contributed by atoms with van der Waals surface area (Å²) in [5.41, 5.74) is 0.375. The number of ether oxygens (including phenoxy) is 1. The van der Waals surface area contributed by atoms with Crippen LogP contribution in [0.3, 0.4) is 0 Å². The first-order valence-electron chi connectivity index (χ1n) is 6.34. The van der Waals surface area contributed by atoms with Crippen LogP contribution in [0.25, 0.3) is 6.08 Å². The minimum Gasteiger partial charge on any atom is -0.457 e. The topological polar surface area (TPSA) is 67.2 Å². The maximum absolute atomic E-state index is 12.8. The van der Waals surface area contributed by atoms with Gasteiger partial charge in [-0.15, -0.1) is 0 Å². The molecule has 0 saturated heterocycles. The van der Waals surface area contributed by atoms with E-state index in [9.17, 15) is 12.8 Å². The van der Waals surface area contributed by atoms with Gasteiger partial charge in [-0.1, -0.05) is 11.6 Å². The van der Waals surface area contributed by atoms with Crippen molar-refractivity contribution < 1.29 is 17.5 Å². The molecule has 0 fully saturated rings. The summed E-state index contributed by atoms with van der Waals surface area (Å²) in [7, 11) is -3.62. The van der Waals surface area contributed by atoms with Gasteiger partial charge in [-0.25, -0.2) is 12.8 Å². The Labute approximate surface area is 138 Å². The molecule has 7 heteroatoms. The summed E-state index contributed by atoms with van der Waals surface area (Å²) in [5, 5.41) is 9.11. The quantitative estimate of drug-likeness (QED) is 0.775. The molecule has 2 aromatic rings. The van der Waals surface area contributed by atoms with Crippen LogP contribution < -0.4 is 4.74 Å². The molecule has 0 aliphatic rings. The molecular formula is C16H11ClFNO3S. The van der Waals surface area contributed by atoms with Gasteiger partial charge in [0.15, 0.2) is 9.84 Å². The second-order valence-electron chi connectivity index (χ2n) is 4.63. The molecule has 23 heavy (non-hydrogen) atoms. The lowest BCUT2D eigenvalue weighted by Crippen LogP contribution is -1.98. The van der Waals surface area contributed by atoms with Gasteiger partial charge >= 0.3 is 0 Å². The Kier molecular flexibility index (Phi) is 5.04. The first-order chi connectivity index (χ1) is 10.8. The summed E-state index contributed by atoms with van der Waals surface area (Å²) in [4.78, 5) is -0.383. The molecule has 0 bridgehead atoms. The summed E-state index contributed by atoms with van der Waals surface area (Å²) in [5.74, 6) is 0.455. The van der Waals surface area contributed by atoms with Crippen molar-refractivity contribution in [2.45, 2.75) is 0 Å². The lowest BCUT2D eigenvalue weighted by Gasteiger charge is -2.07. The molecule has 0 N–H and O–H groups in total. The van der Waals surface area contributed by atoms with Crippen LogP contribution in [0.4, 0.5) is 4.39 Å². The molecule has 0 heterocycles. The number of benzene rings is 2. The van der Waals surface area contributed by atoms with Gasteiger partial charge in [0.05, 0.1) is 5.02 Å². The number of halogens is 2. The van der Waals surface area contributed by atoms with E-state index >= 15 is 0 Å². The van der Waals surface area contributed by atoms with Gasteiger partial charge in [0, 0.05) is 6.26 Å². The van der Waals surface area contributed by atoms with E-state index in [-0.39, 0.29) is 15.7 Å². The van der Waals surface area contributed by atoms with Gasteiger partial charge in [0.25, 0.3) is 0 Å². The van der Waals surface area contributed by atoms with E-state index in [2.05, 4.69) is 0 Å². The van der Waals surface area contributed by atoms with Gasteiger partial charge in [-0.3, -0.25) is 0 Å². The van der Waals surface area contributed by atoms with E-state index in [1.807, 2.05) is 0 Å².